The SMILES string of the molecule is O=C(CCc1nc2ccccc2c(=O)n1C1CC1)NNC(=O)c1ccc(COc2ccccc2)o1. The molecule has 1 aliphatic rings. The van der Waals surface area contributed by atoms with Crippen LogP contribution in [0.1, 0.15) is 47.4 Å². The van der Waals surface area contributed by atoms with Gasteiger partial charge in [-0.3, -0.25) is 29.8 Å². The number of hydrazine groups is 1. The zero-order chi connectivity index (χ0) is 24.2. The molecule has 178 valence electrons. The van der Waals surface area contributed by atoms with Gasteiger partial charge in [-0.15, -0.1) is 0 Å². The number of amides is 2. The van der Waals surface area contributed by atoms with Crippen molar-refractivity contribution in [1.82, 2.24) is 20.4 Å². The summed E-state index contributed by atoms with van der Waals surface area (Å²) in [6, 6.07) is 19.8. The van der Waals surface area contributed by atoms with Gasteiger partial charge in [-0.05, 0) is 49.2 Å². The van der Waals surface area contributed by atoms with E-state index >= 15 is 0 Å². The Morgan fingerprint density at radius 2 is 1.77 bits per heavy atom. The summed E-state index contributed by atoms with van der Waals surface area (Å²) in [5.74, 6) is 0.814. The lowest BCUT2D eigenvalue weighted by Crippen LogP contribution is -2.41. The van der Waals surface area contributed by atoms with E-state index in [0.29, 0.717) is 28.2 Å². The molecule has 0 radical (unpaired) electrons. The Morgan fingerprint density at radius 3 is 2.57 bits per heavy atom. The highest BCUT2D eigenvalue weighted by atomic mass is 16.5. The fraction of sp³-hybridized carbons (Fsp3) is 0.231. The van der Waals surface area contributed by atoms with E-state index < -0.39 is 11.8 Å². The number of nitrogens with one attached hydrogen (secondary N) is 2. The van der Waals surface area contributed by atoms with Crippen molar-refractivity contribution >= 4 is 22.7 Å². The van der Waals surface area contributed by atoms with E-state index in [1.165, 1.54) is 6.07 Å². The third-order valence-corrected chi connectivity index (χ3v) is 5.69. The van der Waals surface area contributed by atoms with E-state index in [2.05, 4.69) is 15.8 Å². The van der Waals surface area contributed by atoms with Gasteiger partial charge in [-0.2, -0.15) is 0 Å². The van der Waals surface area contributed by atoms with Crippen molar-refractivity contribution < 1.29 is 18.7 Å². The summed E-state index contributed by atoms with van der Waals surface area (Å²) < 4.78 is 12.8. The van der Waals surface area contributed by atoms with Crippen LogP contribution >= 0.6 is 0 Å². The Hall–Kier alpha value is -4.40. The molecule has 35 heavy (non-hydrogen) atoms. The highest BCUT2D eigenvalue weighted by molar-refractivity contribution is 5.93. The predicted octanol–water partition coefficient (Wildman–Crippen LogP) is 3.30. The molecule has 2 amide bonds. The monoisotopic (exact) mass is 472 g/mol. The molecule has 2 aromatic carbocycles. The van der Waals surface area contributed by atoms with Crippen molar-refractivity contribution in [2.24, 2.45) is 0 Å². The minimum atomic E-state index is -0.581. The topological polar surface area (TPSA) is 115 Å². The second kappa shape index (κ2) is 9.84. The number of furan rings is 1. The lowest BCUT2D eigenvalue weighted by Gasteiger charge is -2.13. The third-order valence-electron chi connectivity index (χ3n) is 5.69. The summed E-state index contributed by atoms with van der Waals surface area (Å²) in [5.41, 5.74) is 5.28. The third kappa shape index (κ3) is 5.24. The fourth-order valence-corrected chi connectivity index (χ4v) is 3.80. The number of carbonyl (C=O) groups is 2. The summed E-state index contributed by atoms with van der Waals surface area (Å²) >= 11 is 0. The molecule has 0 atom stereocenters. The molecule has 0 unspecified atom stereocenters. The van der Waals surface area contributed by atoms with Gasteiger partial charge in [-0.1, -0.05) is 30.3 Å². The van der Waals surface area contributed by atoms with Crippen LogP contribution < -0.4 is 21.1 Å². The quantitative estimate of drug-likeness (QED) is 0.380. The van der Waals surface area contributed by atoms with Crippen LogP contribution in [0.15, 0.2) is 75.9 Å². The smallest absolute Gasteiger partial charge is 0.305 e. The van der Waals surface area contributed by atoms with Crippen LogP contribution in [-0.4, -0.2) is 21.4 Å². The molecule has 1 saturated carbocycles. The minimum Gasteiger partial charge on any atom is -0.486 e. The Kier molecular flexibility index (Phi) is 6.30. The number of fused-ring (bicyclic) bond motifs is 1. The average molecular weight is 473 g/mol. The zero-order valence-corrected chi connectivity index (χ0v) is 18.9. The number of aryl methyl sites for hydroxylation is 1. The van der Waals surface area contributed by atoms with Gasteiger partial charge in [0.2, 0.25) is 5.91 Å². The molecule has 2 N–H and O–H groups in total. The maximum absolute atomic E-state index is 12.9. The van der Waals surface area contributed by atoms with Crippen molar-refractivity contribution in [2.75, 3.05) is 0 Å². The van der Waals surface area contributed by atoms with Crippen LogP contribution in [0.4, 0.5) is 0 Å². The van der Waals surface area contributed by atoms with E-state index in [0.717, 1.165) is 12.8 Å². The first-order valence-corrected chi connectivity index (χ1v) is 11.4. The van der Waals surface area contributed by atoms with Gasteiger partial charge in [0.15, 0.2) is 5.76 Å². The largest absolute Gasteiger partial charge is 0.486 e. The fourth-order valence-electron chi connectivity index (χ4n) is 3.80. The standard InChI is InChI=1S/C26H24N4O5/c31-24(15-14-23-27-21-9-5-4-8-20(21)26(33)30(23)17-10-11-17)28-29-25(32)22-13-12-19(35-22)16-34-18-6-2-1-3-7-18/h1-9,12-13,17H,10-11,14-16H2,(H,28,31)(H,29,32). The van der Waals surface area contributed by atoms with E-state index in [1.54, 1.807) is 22.8 Å². The van der Waals surface area contributed by atoms with Crippen LogP contribution in [0.2, 0.25) is 0 Å². The molecule has 1 aliphatic carbocycles. The van der Waals surface area contributed by atoms with Crippen LogP contribution in [0.25, 0.3) is 10.9 Å². The minimum absolute atomic E-state index is 0.0516. The van der Waals surface area contributed by atoms with Crippen molar-refractivity contribution in [1.29, 1.82) is 0 Å². The summed E-state index contributed by atoms with van der Waals surface area (Å²) in [6.07, 6.45) is 2.19. The molecule has 2 aromatic heterocycles. The van der Waals surface area contributed by atoms with Gasteiger partial charge in [0, 0.05) is 18.9 Å². The van der Waals surface area contributed by atoms with Crippen LogP contribution in [0.5, 0.6) is 5.75 Å². The van der Waals surface area contributed by atoms with E-state index in [-0.39, 0.29) is 36.8 Å². The van der Waals surface area contributed by atoms with Crippen molar-refractivity contribution in [3.8, 4) is 5.75 Å². The first kappa shape index (κ1) is 22.4. The van der Waals surface area contributed by atoms with Crippen molar-refractivity contribution in [3.63, 3.8) is 0 Å². The number of rotatable bonds is 8. The molecule has 0 saturated heterocycles. The highest BCUT2D eigenvalue weighted by Crippen LogP contribution is 2.34. The maximum Gasteiger partial charge on any atom is 0.305 e. The van der Waals surface area contributed by atoms with Crippen molar-refractivity contribution in [2.45, 2.75) is 38.3 Å². The molecule has 0 spiro atoms. The van der Waals surface area contributed by atoms with Crippen LogP contribution in [0.3, 0.4) is 0 Å². The number of hydrogen-bond donors (Lipinski definition) is 2. The average Bonchev–Trinajstić information content (AvgIpc) is 3.61. The highest BCUT2D eigenvalue weighted by Gasteiger charge is 2.28. The zero-order valence-electron chi connectivity index (χ0n) is 18.9. The van der Waals surface area contributed by atoms with Gasteiger partial charge in [-0.25, -0.2) is 4.98 Å². The van der Waals surface area contributed by atoms with Gasteiger partial charge < -0.3 is 9.15 Å². The predicted molar refractivity (Wildman–Crippen MR) is 128 cm³/mol. The molecule has 5 rings (SSSR count). The number of nitrogens with zero attached hydrogens (tertiary/aromatic N) is 2. The Morgan fingerprint density at radius 1 is 1.00 bits per heavy atom. The lowest BCUT2D eigenvalue weighted by molar-refractivity contribution is -0.121. The first-order chi connectivity index (χ1) is 17.1. The molecule has 1 fully saturated rings. The molecular weight excluding hydrogens is 448 g/mol. The van der Waals surface area contributed by atoms with E-state index in [9.17, 15) is 14.4 Å². The normalized spacial score (nSPS) is 12.9. The summed E-state index contributed by atoms with van der Waals surface area (Å²) in [7, 11) is 0. The van der Waals surface area contributed by atoms with Gasteiger partial charge in [0.1, 0.15) is 23.9 Å². The van der Waals surface area contributed by atoms with Gasteiger partial charge >= 0.3 is 5.91 Å². The summed E-state index contributed by atoms with van der Waals surface area (Å²) in [5, 5.41) is 0.576. The number of aromatic nitrogens is 2. The molecule has 0 bridgehead atoms. The number of carbonyl (C=O) groups excluding carboxylic acids is 2. The summed E-state index contributed by atoms with van der Waals surface area (Å²) in [4.78, 5) is 42.3. The Labute approximate surface area is 200 Å². The lowest BCUT2D eigenvalue weighted by atomic mass is 10.2. The molecule has 9 heteroatoms. The molecule has 9 nitrogen and oxygen atoms in total. The first-order valence-electron chi connectivity index (χ1n) is 11.4. The maximum atomic E-state index is 12.9. The van der Waals surface area contributed by atoms with Gasteiger partial charge in [0.05, 0.1) is 10.9 Å². The van der Waals surface area contributed by atoms with Crippen molar-refractivity contribution in [3.05, 3.63) is 94.4 Å². The van der Waals surface area contributed by atoms with Crippen LogP contribution in [0, 0.1) is 0 Å². The van der Waals surface area contributed by atoms with Crippen LogP contribution in [-0.2, 0) is 17.8 Å². The molecule has 2 heterocycles. The second-order valence-electron chi connectivity index (χ2n) is 8.32. The number of ether oxygens (including phenoxy) is 1. The second-order valence-corrected chi connectivity index (χ2v) is 8.32. The van der Waals surface area contributed by atoms with Gasteiger partial charge in [0.25, 0.3) is 5.56 Å². The van der Waals surface area contributed by atoms with E-state index in [1.807, 2.05) is 42.5 Å². The molecular formula is C26H24N4O5. The molecule has 0 aliphatic heterocycles. The molecule has 4 aromatic rings. The summed E-state index contributed by atoms with van der Waals surface area (Å²) in [6.45, 7) is 0.172. The Balaban J connectivity index is 1.15. The number of para-hydroxylation sites is 2. The number of hydrogen-bond acceptors (Lipinski definition) is 6. The van der Waals surface area contributed by atoms with E-state index in [4.69, 9.17) is 9.15 Å². The Bertz CT molecular complexity index is 1420. The number of benzene rings is 2.